The number of carbonyl (C=O) groups is 1. The van der Waals surface area contributed by atoms with E-state index in [1.807, 2.05) is 54.6 Å². The van der Waals surface area contributed by atoms with Crippen LogP contribution in [0.25, 0.3) is 0 Å². The van der Waals surface area contributed by atoms with Gasteiger partial charge in [-0.3, -0.25) is 4.79 Å². The number of nitrogens with zero attached hydrogens (tertiary/aromatic N) is 2. The predicted molar refractivity (Wildman–Crippen MR) is 79.0 cm³/mol. The lowest BCUT2D eigenvalue weighted by molar-refractivity contribution is -0.109. The second kappa shape index (κ2) is 6.85. The monoisotopic (exact) mass is 270 g/mol. The van der Waals surface area contributed by atoms with E-state index in [1.54, 1.807) is 6.92 Å². The molecule has 0 heterocycles. The van der Waals surface area contributed by atoms with Gasteiger partial charge in [-0.2, -0.15) is 10.2 Å². The molecule has 0 fully saturated rings. The molecule has 0 radical (unpaired) electrons. The number of rotatable bonds is 4. The van der Waals surface area contributed by atoms with Crippen molar-refractivity contribution in [1.29, 1.82) is 0 Å². The van der Waals surface area contributed by atoms with Gasteiger partial charge in [-0.1, -0.05) is 42.1 Å². The van der Waals surface area contributed by atoms with Crippen LogP contribution in [0.1, 0.15) is 12.5 Å². The van der Waals surface area contributed by atoms with E-state index in [0.717, 1.165) is 16.9 Å². The SMILES string of the molecule is CC(=O)SCc1cccc(N=Nc2ccccc2)c1. The van der Waals surface area contributed by atoms with Crippen LogP contribution >= 0.6 is 11.8 Å². The molecular formula is C15H14N2OS. The Morgan fingerprint density at radius 3 is 2.42 bits per heavy atom. The Hall–Kier alpha value is -1.94. The van der Waals surface area contributed by atoms with Crippen molar-refractivity contribution in [2.45, 2.75) is 12.7 Å². The Labute approximate surface area is 116 Å². The van der Waals surface area contributed by atoms with Gasteiger partial charge in [0.2, 0.25) is 0 Å². The molecule has 0 N–H and O–H groups in total. The number of benzene rings is 2. The minimum atomic E-state index is 0.122. The Balaban J connectivity index is 2.06. The maximum absolute atomic E-state index is 10.9. The van der Waals surface area contributed by atoms with Crippen LogP contribution in [0.15, 0.2) is 64.8 Å². The molecular weight excluding hydrogens is 256 g/mol. The molecule has 0 spiro atoms. The van der Waals surface area contributed by atoms with Crippen LogP contribution < -0.4 is 0 Å². The second-order valence-electron chi connectivity index (χ2n) is 3.99. The summed E-state index contributed by atoms with van der Waals surface area (Å²) in [6.07, 6.45) is 0. The topological polar surface area (TPSA) is 41.8 Å². The predicted octanol–water partition coefficient (Wildman–Crippen LogP) is 4.88. The van der Waals surface area contributed by atoms with Gasteiger partial charge in [0, 0.05) is 12.7 Å². The number of carbonyl (C=O) groups excluding carboxylic acids is 1. The number of hydrogen-bond donors (Lipinski definition) is 0. The fourth-order valence-electron chi connectivity index (χ4n) is 1.50. The first-order chi connectivity index (χ1) is 9.24. The van der Waals surface area contributed by atoms with Crippen LogP contribution in [0.3, 0.4) is 0 Å². The molecule has 0 bridgehead atoms. The van der Waals surface area contributed by atoms with Crippen molar-refractivity contribution in [1.82, 2.24) is 0 Å². The average molecular weight is 270 g/mol. The number of hydrogen-bond acceptors (Lipinski definition) is 4. The highest BCUT2D eigenvalue weighted by Crippen LogP contribution is 2.21. The quantitative estimate of drug-likeness (QED) is 0.743. The van der Waals surface area contributed by atoms with E-state index < -0.39 is 0 Å². The molecule has 2 rings (SSSR count). The van der Waals surface area contributed by atoms with Crippen LogP contribution in [-0.4, -0.2) is 5.12 Å². The fraction of sp³-hybridized carbons (Fsp3) is 0.133. The van der Waals surface area contributed by atoms with E-state index in [-0.39, 0.29) is 5.12 Å². The lowest BCUT2D eigenvalue weighted by Gasteiger charge is -1.99. The zero-order chi connectivity index (χ0) is 13.5. The molecule has 0 aliphatic carbocycles. The van der Waals surface area contributed by atoms with E-state index in [1.165, 1.54) is 11.8 Å². The summed E-state index contributed by atoms with van der Waals surface area (Å²) in [6, 6.07) is 17.3. The summed E-state index contributed by atoms with van der Waals surface area (Å²) < 4.78 is 0. The lowest BCUT2D eigenvalue weighted by Crippen LogP contribution is -1.84. The van der Waals surface area contributed by atoms with E-state index in [2.05, 4.69) is 10.2 Å². The van der Waals surface area contributed by atoms with Crippen molar-refractivity contribution < 1.29 is 4.79 Å². The molecule has 0 atom stereocenters. The highest BCUT2D eigenvalue weighted by atomic mass is 32.2. The van der Waals surface area contributed by atoms with Gasteiger partial charge in [0.15, 0.2) is 5.12 Å². The molecule has 96 valence electrons. The lowest BCUT2D eigenvalue weighted by atomic mass is 10.2. The first kappa shape index (κ1) is 13.5. The minimum absolute atomic E-state index is 0.122. The number of azo groups is 1. The smallest absolute Gasteiger partial charge is 0.186 e. The van der Waals surface area contributed by atoms with E-state index in [4.69, 9.17) is 0 Å². The van der Waals surface area contributed by atoms with Crippen LogP contribution in [0.2, 0.25) is 0 Å². The summed E-state index contributed by atoms with van der Waals surface area (Å²) in [7, 11) is 0. The molecule has 19 heavy (non-hydrogen) atoms. The third kappa shape index (κ3) is 4.67. The van der Waals surface area contributed by atoms with Gasteiger partial charge in [0.1, 0.15) is 0 Å². The molecule has 0 amide bonds. The summed E-state index contributed by atoms with van der Waals surface area (Å²) in [5, 5.41) is 8.48. The van der Waals surface area contributed by atoms with Gasteiger partial charge in [0.25, 0.3) is 0 Å². The summed E-state index contributed by atoms with van der Waals surface area (Å²) in [4.78, 5) is 10.9. The van der Waals surface area contributed by atoms with Gasteiger partial charge >= 0.3 is 0 Å². The summed E-state index contributed by atoms with van der Waals surface area (Å²) in [5.41, 5.74) is 2.70. The summed E-state index contributed by atoms with van der Waals surface area (Å²) in [6.45, 7) is 1.57. The zero-order valence-electron chi connectivity index (χ0n) is 10.6. The highest BCUT2D eigenvalue weighted by molar-refractivity contribution is 8.12. The van der Waals surface area contributed by atoms with E-state index >= 15 is 0 Å². The van der Waals surface area contributed by atoms with Crippen LogP contribution in [0, 0.1) is 0 Å². The first-order valence-corrected chi connectivity index (χ1v) is 6.92. The minimum Gasteiger partial charge on any atom is -0.288 e. The van der Waals surface area contributed by atoms with Gasteiger partial charge in [-0.25, -0.2) is 0 Å². The normalized spacial score (nSPS) is 10.8. The Morgan fingerprint density at radius 2 is 1.68 bits per heavy atom. The molecule has 4 heteroatoms. The molecule has 0 saturated heterocycles. The second-order valence-corrected chi connectivity index (χ2v) is 5.14. The van der Waals surface area contributed by atoms with Gasteiger partial charge in [-0.15, -0.1) is 0 Å². The maximum atomic E-state index is 10.9. The zero-order valence-corrected chi connectivity index (χ0v) is 11.4. The van der Waals surface area contributed by atoms with Crippen molar-refractivity contribution >= 4 is 28.3 Å². The maximum Gasteiger partial charge on any atom is 0.186 e. The van der Waals surface area contributed by atoms with Gasteiger partial charge in [-0.05, 0) is 29.8 Å². The van der Waals surface area contributed by atoms with E-state index in [9.17, 15) is 4.79 Å². The number of thioether (sulfide) groups is 1. The van der Waals surface area contributed by atoms with Gasteiger partial charge < -0.3 is 0 Å². The highest BCUT2D eigenvalue weighted by Gasteiger charge is 1.98. The van der Waals surface area contributed by atoms with Crippen molar-refractivity contribution in [3.63, 3.8) is 0 Å². The van der Waals surface area contributed by atoms with E-state index in [0.29, 0.717) is 5.75 Å². The Bertz CT molecular complexity index is 582. The first-order valence-electron chi connectivity index (χ1n) is 5.93. The molecule has 3 nitrogen and oxygen atoms in total. The van der Waals surface area contributed by atoms with Crippen molar-refractivity contribution in [2.75, 3.05) is 0 Å². The molecule has 2 aromatic rings. The van der Waals surface area contributed by atoms with Crippen LogP contribution in [0.4, 0.5) is 11.4 Å². The third-order valence-corrected chi connectivity index (χ3v) is 3.27. The van der Waals surface area contributed by atoms with Crippen LogP contribution in [-0.2, 0) is 10.5 Å². The Morgan fingerprint density at radius 1 is 1.00 bits per heavy atom. The van der Waals surface area contributed by atoms with Crippen molar-refractivity contribution in [3.05, 3.63) is 60.2 Å². The average Bonchev–Trinajstić information content (AvgIpc) is 2.44. The largest absolute Gasteiger partial charge is 0.288 e. The molecule has 0 saturated carbocycles. The van der Waals surface area contributed by atoms with Crippen molar-refractivity contribution in [3.8, 4) is 0 Å². The van der Waals surface area contributed by atoms with Gasteiger partial charge in [0.05, 0.1) is 11.4 Å². The molecule has 0 aliphatic heterocycles. The van der Waals surface area contributed by atoms with Crippen LogP contribution in [0.5, 0.6) is 0 Å². The fourth-order valence-corrected chi connectivity index (χ4v) is 2.05. The third-order valence-electron chi connectivity index (χ3n) is 2.39. The molecule has 0 aliphatic rings. The standard InChI is InChI=1S/C15H14N2OS/c1-12(18)19-11-13-6-5-9-15(10-13)17-16-14-7-3-2-4-8-14/h2-10H,11H2,1H3. The molecule has 2 aromatic carbocycles. The summed E-state index contributed by atoms with van der Waals surface area (Å²) in [5.74, 6) is 0.671. The summed E-state index contributed by atoms with van der Waals surface area (Å²) >= 11 is 1.30. The Kier molecular flexibility index (Phi) is 4.86. The molecule has 0 unspecified atom stereocenters. The molecule has 0 aromatic heterocycles. The van der Waals surface area contributed by atoms with Crippen molar-refractivity contribution in [2.24, 2.45) is 10.2 Å².